The fourth-order valence-corrected chi connectivity index (χ4v) is 20.7. The van der Waals surface area contributed by atoms with Crippen molar-refractivity contribution in [3.05, 3.63) is 308 Å². The summed E-state index contributed by atoms with van der Waals surface area (Å²) in [6.07, 6.45) is 7.25. The Balaban J connectivity index is 0.000000186. The third-order valence-corrected chi connectivity index (χ3v) is 23.2. The third-order valence-electron chi connectivity index (χ3n) is 14.4. The number of rotatable bonds is 9. The molecule has 11 aromatic rings. The van der Waals surface area contributed by atoms with Gasteiger partial charge in [-0.3, -0.25) is 0 Å². The molecule has 0 aliphatic carbocycles. The molecule has 2 N–H and O–H groups in total. The molecule has 356 valence electrons. The number of H-pyrrole nitrogens is 2. The van der Waals surface area contributed by atoms with Crippen LogP contribution in [0.25, 0.3) is 46.4 Å². The van der Waals surface area contributed by atoms with E-state index < -0.39 is 17.9 Å². The average Bonchev–Trinajstić information content (AvgIpc) is 4.33. The van der Waals surface area contributed by atoms with Gasteiger partial charge in [-0.15, -0.1) is 0 Å². The molecule has 74 heavy (non-hydrogen) atoms. The number of fused-ring (bicyclic) bond motifs is 8. The molecule has 5 heterocycles. The summed E-state index contributed by atoms with van der Waals surface area (Å²) in [5.41, 5.74) is 13.0. The largest absolute Gasteiger partial charge is 0.195 e. The Morgan fingerprint density at radius 2 is 0.581 bits per heavy atom. The van der Waals surface area contributed by atoms with Crippen molar-refractivity contribution in [1.82, 2.24) is 19.9 Å². The number of nitrogens with one attached hydrogen (secondary N) is 2. The van der Waals surface area contributed by atoms with Crippen molar-refractivity contribution >= 4 is 96.7 Å². The van der Waals surface area contributed by atoms with Gasteiger partial charge in [0, 0.05) is 0 Å². The molecule has 0 radical (unpaired) electrons. The molecule has 0 amide bonds. The van der Waals surface area contributed by atoms with E-state index in [1.807, 2.05) is 0 Å². The van der Waals surface area contributed by atoms with Gasteiger partial charge in [-0.2, -0.15) is 21.9 Å². The molecule has 3 aromatic heterocycles. The summed E-state index contributed by atoms with van der Waals surface area (Å²) in [5, 5.41) is 0. The van der Waals surface area contributed by atoms with Crippen LogP contribution in [0, 0.1) is 0 Å². The zero-order valence-electron chi connectivity index (χ0n) is 40.8. The summed E-state index contributed by atoms with van der Waals surface area (Å²) < 4.78 is 6.23. The van der Waals surface area contributed by atoms with Crippen LogP contribution >= 0.6 is 0 Å². The first kappa shape index (κ1) is 46.0. The molecule has 8 bridgehead atoms. The number of aromatic nitrogens is 4. The molecule has 0 saturated heterocycles. The minimum Gasteiger partial charge on any atom is -0.195 e. The SMILES string of the molecule is C1=Cc2cc3ccc([nH]3)[c]([Mn]([c]3ccccc3)([c]3ccccc3)([c]3ccccc3)[c]3ccccc3)c3nc(cc4ccc(cc1n2)[nH]4)C=C3.c1ccc([B-](c2ccccc2)(c2ccccc2)c2ccccc2)cc1. The monoisotopic (exact) mass is 991 g/mol. The van der Waals surface area contributed by atoms with Crippen LogP contribution in [-0.2, 0) is 11.8 Å². The Morgan fingerprint density at radius 1 is 0.284 bits per heavy atom. The predicted molar refractivity (Wildman–Crippen MR) is 313 cm³/mol. The smallest absolute Gasteiger partial charge is 0.108 e. The molecule has 0 fully saturated rings. The second-order valence-electron chi connectivity index (χ2n) is 18.6. The van der Waals surface area contributed by atoms with Crippen LogP contribution in [-0.4, -0.2) is 26.1 Å². The minimum absolute atomic E-state index is 0.892. The molecule has 0 spiro atoms. The summed E-state index contributed by atoms with van der Waals surface area (Å²) in [7, 11) is 0. The van der Waals surface area contributed by atoms with E-state index in [9.17, 15) is 0 Å². The minimum atomic E-state index is -4.32. The maximum atomic E-state index is 5.49. The summed E-state index contributed by atoms with van der Waals surface area (Å²) in [5.74, 6) is 0. The van der Waals surface area contributed by atoms with Crippen molar-refractivity contribution in [1.29, 1.82) is 0 Å². The van der Waals surface area contributed by atoms with Crippen LogP contribution in [0.5, 0.6) is 0 Å². The van der Waals surface area contributed by atoms with Gasteiger partial charge >= 0.3 is 287 Å². The average molecular weight is 992 g/mol. The Kier molecular flexibility index (Phi) is 12.4. The number of nitrogens with zero attached hydrogens (tertiary/aromatic N) is 2. The fraction of sp³-hybridized carbons (Fsp3) is 0. The third kappa shape index (κ3) is 7.89. The molecule has 0 saturated carbocycles. The summed E-state index contributed by atoms with van der Waals surface area (Å²) in [6, 6.07) is 103. The van der Waals surface area contributed by atoms with Gasteiger partial charge in [0.15, 0.2) is 0 Å². The van der Waals surface area contributed by atoms with Gasteiger partial charge in [0.2, 0.25) is 0 Å². The standard InChI is InChI=1S/C24H20B.C20H13N4.4C6H5.Mn/c1-5-13-21(14-6-1)25(22-15-7-2-8-16-22,23-17-9-3-10-18-23)24-19-11-4-12-20-24;1-2-14-10-16-5-6-18(23-16)12-20-8-7-19(24-20)11-17-4-3-15(22-17)9-13(1)21-14;4*1-2-4-6-5-3-1;/h1-20H;1-11,21,24H;4*1-5H;/q-1;;;;;;. The second kappa shape index (κ2) is 19.9. The van der Waals surface area contributed by atoms with Crippen LogP contribution in [0.3, 0.4) is 0 Å². The van der Waals surface area contributed by atoms with E-state index in [1.54, 1.807) is 0 Å². The normalized spacial score (nSPS) is 12.5. The zero-order chi connectivity index (χ0) is 49.7. The van der Waals surface area contributed by atoms with Crippen molar-refractivity contribution < 1.29 is 11.8 Å². The van der Waals surface area contributed by atoms with Gasteiger partial charge < -0.3 is 0 Å². The van der Waals surface area contributed by atoms with Gasteiger partial charge in [0.1, 0.15) is 6.15 Å². The van der Waals surface area contributed by atoms with Gasteiger partial charge in [-0.25, -0.2) is 0 Å². The zero-order valence-corrected chi connectivity index (χ0v) is 42.0. The van der Waals surface area contributed by atoms with E-state index >= 15 is 0 Å². The van der Waals surface area contributed by atoms with E-state index in [4.69, 9.17) is 9.97 Å². The van der Waals surface area contributed by atoms with Crippen molar-refractivity contribution in [2.45, 2.75) is 0 Å². The number of hydrogen-bond acceptors (Lipinski definition) is 2. The molecule has 2 aliphatic heterocycles. The maximum absolute atomic E-state index is 5.49. The van der Waals surface area contributed by atoms with E-state index in [0.29, 0.717) is 0 Å². The van der Waals surface area contributed by atoms with E-state index in [2.05, 4.69) is 319 Å². The van der Waals surface area contributed by atoms with Gasteiger partial charge in [-0.1, -0.05) is 121 Å². The molecule has 2 aliphatic rings. The molecule has 0 unspecified atom stereocenters. The van der Waals surface area contributed by atoms with Crippen LogP contribution in [0.4, 0.5) is 0 Å². The van der Waals surface area contributed by atoms with Crippen LogP contribution < -0.4 is 44.2 Å². The first-order valence-electron chi connectivity index (χ1n) is 25.2. The van der Waals surface area contributed by atoms with Crippen LogP contribution in [0.1, 0.15) is 22.8 Å². The number of hydrogen-bond donors (Lipinski definition) is 2. The molecular weight excluding hydrogens is 939 g/mol. The number of aromatic amines is 2. The molecule has 13 rings (SSSR count). The Morgan fingerprint density at radius 3 is 0.946 bits per heavy atom. The Bertz CT molecular complexity index is 3610. The van der Waals surface area contributed by atoms with Crippen molar-refractivity contribution in [3.63, 3.8) is 0 Å². The van der Waals surface area contributed by atoms with Gasteiger partial charge in [-0.05, 0) is 0 Å². The molecule has 8 aromatic carbocycles. The summed E-state index contributed by atoms with van der Waals surface area (Å²) >= 11 is -4.32. The topological polar surface area (TPSA) is 57.4 Å². The molecule has 0 atom stereocenters. The summed E-state index contributed by atoms with van der Waals surface area (Å²) in [6.45, 7) is 0. The Labute approximate surface area is 433 Å². The van der Waals surface area contributed by atoms with Crippen LogP contribution in [0.15, 0.2) is 285 Å². The van der Waals surface area contributed by atoms with Crippen molar-refractivity contribution in [3.8, 4) is 0 Å². The van der Waals surface area contributed by atoms with Crippen molar-refractivity contribution in [2.75, 3.05) is 0 Å². The maximum Gasteiger partial charge on any atom is 0.108 e. The van der Waals surface area contributed by atoms with E-state index in [-0.39, 0.29) is 0 Å². The first-order chi connectivity index (χ1) is 36.6. The molecule has 6 heteroatoms. The Hall–Kier alpha value is -9.06. The second-order valence-corrected chi connectivity index (χ2v) is 24.9. The van der Waals surface area contributed by atoms with Crippen LogP contribution in [0.2, 0.25) is 0 Å². The first-order valence-corrected chi connectivity index (χ1v) is 28.1. The van der Waals surface area contributed by atoms with E-state index in [0.717, 1.165) is 44.8 Å². The van der Waals surface area contributed by atoms with Crippen molar-refractivity contribution in [2.24, 2.45) is 0 Å². The van der Waals surface area contributed by atoms with Gasteiger partial charge in [0.25, 0.3) is 0 Å². The molecular formula is C68H53BMnN4-. The van der Waals surface area contributed by atoms with E-state index in [1.165, 1.54) is 44.2 Å². The van der Waals surface area contributed by atoms with Gasteiger partial charge in [0.05, 0.1) is 0 Å². The summed E-state index contributed by atoms with van der Waals surface area (Å²) in [4.78, 5) is 17.8. The number of benzene rings is 8. The predicted octanol–water partition coefficient (Wildman–Crippen LogP) is 10.3. The molecule has 4 nitrogen and oxygen atoms in total. The quantitative estimate of drug-likeness (QED) is 0.142. The fourth-order valence-electron chi connectivity index (χ4n) is 11.4.